The Morgan fingerprint density at radius 3 is 2.15 bits per heavy atom. The Kier molecular flexibility index (Phi) is 12.0. The van der Waals surface area contributed by atoms with E-state index in [2.05, 4.69) is 20.5 Å². The molecule has 0 aromatic carbocycles. The molecule has 4 rings (SSSR count). The smallest absolute Gasteiger partial charge is 0.351 e. The Bertz CT molecular complexity index is 1040. The maximum Gasteiger partial charge on any atom is 0.351 e. The van der Waals surface area contributed by atoms with Crippen LogP contribution >= 0.6 is 0 Å². The van der Waals surface area contributed by atoms with Crippen molar-refractivity contribution in [3.05, 3.63) is 22.2 Å². The van der Waals surface area contributed by atoms with Crippen molar-refractivity contribution in [1.29, 1.82) is 0 Å². The summed E-state index contributed by atoms with van der Waals surface area (Å²) in [5.41, 5.74) is 11.9. The van der Waals surface area contributed by atoms with Crippen molar-refractivity contribution in [2.24, 2.45) is 23.3 Å². The lowest BCUT2D eigenvalue weighted by Gasteiger charge is -2.26. The number of carbonyl (C=O) groups excluding carboxylic acids is 2. The van der Waals surface area contributed by atoms with Gasteiger partial charge in [0.25, 0.3) is 0 Å². The molecule has 11 heteroatoms. The molecule has 11 nitrogen and oxygen atoms in total. The third kappa shape index (κ3) is 8.51. The molecule has 3 aliphatic rings. The van der Waals surface area contributed by atoms with E-state index in [0.29, 0.717) is 45.0 Å². The first kappa shape index (κ1) is 31.4. The maximum absolute atomic E-state index is 13.3. The first-order chi connectivity index (χ1) is 19.9. The zero-order valence-electron chi connectivity index (χ0n) is 24.8. The van der Waals surface area contributed by atoms with Crippen LogP contribution in [-0.2, 0) is 14.3 Å². The summed E-state index contributed by atoms with van der Waals surface area (Å²) >= 11 is 0. The van der Waals surface area contributed by atoms with Crippen molar-refractivity contribution in [2.75, 3.05) is 37.6 Å². The van der Waals surface area contributed by atoms with Crippen molar-refractivity contribution in [3.8, 4) is 0 Å². The second-order valence-corrected chi connectivity index (χ2v) is 12.1. The van der Waals surface area contributed by atoms with Crippen molar-refractivity contribution >= 4 is 17.6 Å². The maximum atomic E-state index is 13.3. The van der Waals surface area contributed by atoms with Gasteiger partial charge in [-0.2, -0.15) is 4.98 Å². The number of aromatic nitrogens is 2. The fourth-order valence-corrected chi connectivity index (χ4v) is 6.59. The molecule has 3 fully saturated rings. The minimum Gasteiger partial charge on any atom is -0.356 e. The van der Waals surface area contributed by atoms with Crippen LogP contribution in [0, 0.1) is 18.8 Å². The van der Waals surface area contributed by atoms with Gasteiger partial charge in [-0.15, -0.1) is 0 Å². The first-order valence-corrected chi connectivity index (χ1v) is 15.9. The van der Waals surface area contributed by atoms with E-state index >= 15 is 0 Å². The van der Waals surface area contributed by atoms with Crippen LogP contribution in [0.25, 0.3) is 0 Å². The summed E-state index contributed by atoms with van der Waals surface area (Å²) in [6.45, 7) is 4.75. The summed E-state index contributed by atoms with van der Waals surface area (Å²) in [5.74, 6) is 0.807. The fraction of sp³-hybridized carbons (Fsp3) is 0.800. The lowest BCUT2D eigenvalue weighted by atomic mass is 9.88. The average molecular weight is 574 g/mol. The summed E-state index contributed by atoms with van der Waals surface area (Å²) in [6.07, 6.45) is 13.1. The van der Waals surface area contributed by atoms with Gasteiger partial charge >= 0.3 is 5.69 Å². The summed E-state index contributed by atoms with van der Waals surface area (Å²) in [5, 5.41) is 6.32. The normalized spacial score (nSPS) is 23.8. The summed E-state index contributed by atoms with van der Waals surface area (Å²) in [4.78, 5) is 45.9. The zero-order chi connectivity index (χ0) is 29.2. The quantitative estimate of drug-likeness (QED) is 0.279. The number of rotatable bonds is 13. The number of nitrogens with one attached hydrogen (secondary N) is 2. The fourth-order valence-electron chi connectivity index (χ4n) is 6.59. The van der Waals surface area contributed by atoms with Crippen LogP contribution in [-0.4, -0.2) is 66.2 Å². The third-order valence-corrected chi connectivity index (χ3v) is 8.98. The monoisotopic (exact) mass is 573 g/mol. The van der Waals surface area contributed by atoms with Gasteiger partial charge in [0.05, 0.1) is 12.1 Å². The highest BCUT2D eigenvalue weighted by Gasteiger charge is 2.39. The van der Waals surface area contributed by atoms with E-state index in [4.69, 9.17) is 16.2 Å². The molecule has 230 valence electrons. The number of amides is 2. The van der Waals surface area contributed by atoms with Crippen molar-refractivity contribution in [1.82, 2.24) is 20.2 Å². The second-order valence-electron chi connectivity index (χ2n) is 12.1. The number of hydrogen-bond acceptors (Lipinski definition) is 8. The van der Waals surface area contributed by atoms with Crippen molar-refractivity contribution < 1.29 is 14.3 Å². The molecule has 1 aromatic rings. The third-order valence-electron chi connectivity index (χ3n) is 8.98. The van der Waals surface area contributed by atoms with Crippen LogP contribution in [0.15, 0.2) is 11.0 Å². The molecule has 2 aliphatic carbocycles. The second kappa shape index (κ2) is 15.7. The predicted octanol–water partition coefficient (Wildman–Crippen LogP) is 2.10. The number of aryl methyl sites for hydroxylation is 1. The number of nitrogens with zero attached hydrogens (tertiary/aromatic N) is 3. The van der Waals surface area contributed by atoms with Gasteiger partial charge in [-0.3, -0.25) is 14.2 Å². The highest BCUT2D eigenvalue weighted by atomic mass is 16.5. The number of ether oxygens (including phenoxy) is 1. The highest BCUT2D eigenvalue weighted by molar-refractivity contribution is 5.79. The summed E-state index contributed by atoms with van der Waals surface area (Å²) < 4.78 is 7.93. The lowest BCUT2D eigenvalue weighted by molar-refractivity contribution is -0.127. The SMILES string of the molecule is Cc1cn([C@H]2C[C@H](NC(=O)C3CCCCC3)[C@@H](CNC(=O)C3CCCCC3)O2)c(=O)nc1N(CCCN)CCCN. The molecule has 0 bridgehead atoms. The number of hydrogen-bond donors (Lipinski definition) is 4. The van der Waals surface area contributed by atoms with Gasteiger partial charge in [0.1, 0.15) is 12.0 Å². The van der Waals surface area contributed by atoms with E-state index in [1.54, 1.807) is 6.20 Å². The van der Waals surface area contributed by atoms with Gasteiger partial charge in [0, 0.05) is 49.7 Å². The number of carbonyl (C=O) groups is 2. The molecule has 0 unspecified atom stereocenters. The average Bonchev–Trinajstić information content (AvgIpc) is 3.40. The zero-order valence-corrected chi connectivity index (χ0v) is 24.8. The molecular weight excluding hydrogens is 522 g/mol. The molecule has 2 amide bonds. The van der Waals surface area contributed by atoms with Gasteiger partial charge < -0.3 is 31.7 Å². The van der Waals surface area contributed by atoms with Gasteiger partial charge in [0.15, 0.2) is 0 Å². The van der Waals surface area contributed by atoms with E-state index < -0.39 is 18.0 Å². The van der Waals surface area contributed by atoms with Crippen molar-refractivity contribution in [3.63, 3.8) is 0 Å². The minimum atomic E-state index is -0.586. The number of nitrogens with two attached hydrogens (primary N) is 2. The van der Waals surface area contributed by atoms with Crippen LogP contribution in [0.4, 0.5) is 5.82 Å². The van der Waals surface area contributed by atoms with E-state index in [-0.39, 0.29) is 29.7 Å². The molecule has 1 aromatic heterocycles. The lowest BCUT2D eigenvalue weighted by Crippen LogP contribution is -2.48. The van der Waals surface area contributed by atoms with E-state index in [1.807, 2.05) is 6.92 Å². The van der Waals surface area contributed by atoms with Crippen LogP contribution < -0.4 is 32.7 Å². The topological polar surface area (TPSA) is 158 Å². The Morgan fingerprint density at radius 1 is 0.976 bits per heavy atom. The molecule has 1 saturated heterocycles. The predicted molar refractivity (Wildman–Crippen MR) is 159 cm³/mol. The molecule has 0 radical (unpaired) electrons. The van der Waals surface area contributed by atoms with E-state index in [9.17, 15) is 14.4 Å². The number of anilines is 1. The molecule has 0 spiro atoms. The Balaban J connectivity index is 1.49. The molecule has 2 saturated carbocycles. The minimum absolute atomic E-state index is 0.0132. The van der Waals surface area contributed by atoms with Gasteiger partial charge in [-0.1, -0.05) is 38.5 Å². The summed E-state index contributed by atoms with van der Waals surface area (Å²) in [6, 6.07) is -0.307. The molecule has 2 heterocycles. The molecule has 1 aliphatic heterocycles. The Hall–Kier alpha value is -2.50. The van der Waals surface area contributed by atoms with Gasteiger partial charge in [-0.25, -0.2) is 4.79 Å². The van der Waals surface area contributed by atoms with Gasteiger partial charge in [0.2, 0.25) is 11.8 Å². The molecular formula is C30H51N7O4. The highest BCUT2D eigenvalue weighted by Crippen LogP contribution is 2.31. The van der Waals surface area contributed by atoms with Crippen LogP contribution in [0.2, 0.25) is 0 Å². The van der Waals surface area contributed by atoms with Crippen LogP contribution in [0.5, 0.6) is 0 Å². The molecule has 3 atom stereocenters. The van der Waals surface area contributed by atoms with Gasteiger partial charge in [-0.05, 0) is 58.5 Å². The van der Waals surface area contributed by atoms with Crippen LogP contribution in [0.3, 0.4) is 0 Å². The van der Waals surface area contributed by atoms with E-state index in [0.717, 1.165) is 69.8 Å². The molecule has 6 N–H and O–H groups in total. The first-order valence-electron chi connectivity index (χ1n) is 15.9. The largest absolute Gasteiger partial charge is 0.356 e. The molecule has 41 heavy (non-hydrogen) atoms. The van der Waals surface area contributed by atoms with Crippen LogP contribution in [0.1, 0.15) is 95.3 Å². The standard InChI is InChI=1S/C30H51N7O4/c1-21-20-37(30(40)35-27(21)36(16-8-14-31)17-9-15-32)26-18-24(34-29(39)23-12-6-3-7-13-23)25(41-26)19-33-28(38)22-10-4-2-5-11-22/h20,22-26H,2-19,31-32H2,1H3,(H,33,38)(H,34,39)/t24-,25+,26+/m0/s1. The summed E-state index contributed by atoms with van der Waals surface area (Å²) in [7, 11) is 0. The van der Waals surface area contributed by atoms with Crippen molar-refractivity contribution in [2.45, 2.75) is 109 Å². The Labute approximate surface area is 244 Å². The Morgan fingerprint density at radius 2 is 1.56 bits per heavy atom. The van der Waals surface area contributed by atoms with E-state index in [1.165, 1.54) is 17.4 Å².